The van der Waals surface area contributed by atoms with Crippen LogP contribution in [0, 0.1) is 0 Å². The monoisotopic (exact) mass is 583 g/mol. The molecule has 42 heavy (non-hydrogen) atoms. The van der Waals surface area contributed by atoms with Gasteiger partial charge in [0.25, 0.3) is 0 Å². The minimum atomic E-state index is -3.33. The van der Waals surface area contributed by atoms with Gasteiger partial charge in [-0.3, -0.25) is 19.2 Å². The van der Waals surface area contributed by atoms with E-state index in [0.717, 1.165) is 11.1 Å². The lowest BCUT2D eigenvalue weighted by atomic mass is 10.1. The molecule has 8 nitrogen and oxygen atoms in total. The van der Waals surface area contributed by atoms with Crippen molar-refractivity contribution < 1.29 is 23.7 Å². The van der Waals surface area contributed by atoms with Gasteiger partial charge in [-0.05, 0) is 42.3 Å². The molecule has 0 aromatic heterocycles. The summed E-state index contributed by atoms with van der Waals surface area (Å²) in [5.41, 5.74) is 1.67. The fraction of sp³-hybridized carbons (Fsp3) is 0.182. The van der Waals surface area contributed by atoms with Crippen molar-refractivity contribution in [3.63, 3.8) is 0 Å². The van der Waals surface area contributed by atoms with Gasteiger partial charge in [-0.2, -0.15) is 0 Å². The molecule has 2 amide bonds. The predicted octanol–water partition coefficient (Wildman–Crippen LogP) is 3.48. The van der Waals surface area contributed by atoms with Gasteiger partial charge in [0.05, 0.1) is 6.54 Å². The molecule has 0 unspecified atom stereocenters. The third-order valence-electron chi connectivity index (χ3n) is 6.58. The molecule has 0 aliphatic rings. The van der Waals surface area contributed by atoms with Crippen molar-refractivity contribution >= 4 is 35.7 Å². The van der Waals surface area contributed by atoms with Crippen LogP contribution < -0.4 is 26.3 Å². The number of hydrogen-bond acceptors (Lipinski definition) is 5. The quantitative estimate of drug-likeness (QED) is 0.164. The second kappa shape index (κ2) is 14.9. The molecule has 0 saturated heterocycles. The van der Waals surface area contributed by atoms with E-state index in [9.17, 15) is 18.9 Å². The molecule has 216 valence electrons. The lowest BCUT2D eigenvalue weighted by molar-refractivity contribution is -0.149. The molecule has 0 aliphatic carbocycles. The summed E-state index contributed by atoms with van der Waals surface area (Å²) < 4.78 is 19.6. The summed E-state index contributed by atoms with van der Waals surface area (Å²) in [5.74, 6) is -1.64. The van der Waals surface area contributed by atoms with Crippen LogP contribution in [0.2, 0.25) is 0 Å². The Labute approximate surface area is 245 Å². The first-order valence-electron chi connectivity index (χ1n) is 13.7. The Morgan fingerprint density at radius 3 is 1.69 bits per heavy atom. The summed E-state index contributed by atoms with van der Waals surface area (Å²) in [6.07, 6.45) is 0.222. The first-order valence-corrected chi connectivity index (χ1v) is 15.4. The summed E-state index contributed by atoms with van der Waals surface area (Å²) in [4.78, 5) is 39.0. The second-order valence-electron chi connectivity index (χ2n) is 9.75. The predicted molar refractivity (Wildman–Crippen MR) is 164 cm³/mol. The van der Waals surface area contributed by atoms with E-state index in [2.05, 4.69) is 15.7 Å². The zero-order valence-electron chi connectivity index (χ0n) is 23.3. The van der Waals surface area contributed by atoms with Gasteiger partial charge in [-0.1, -0.05) is 97.1 Å². The standard InChI is InChI=1S/C33H34N3O5P/c1-25(35-31(37)23-34-42(40,28-18-10-4-11-19-28)29-20-12-5-13-21-29)32(38)36-30(22-26-14-6-2-7-15-26)33(39)41-24-27-16-8-3-9-17-27/h2-21,25,30H,22-24H2,1H3,(H,34,40)(H,35,37)(H,36,38)/t25-,30-/m1/s1. The van der Waals surface area contributed by atoms with E-state index in [4.69, 9.17) is 4.74 Å². The van der Waals surface area contributed by atoms with Crippen LogP contribution >= 0.6 is 7.29 Å². The fourth-order valence-electron chi connectivity index (χ4n) is 4.32. The van der Waals surface area contributed by atoms with Crippen molar-refractivity contribution in [1.82, 2.24) is 15.7 Å². The van der Waals surface area contributed by atoms with E-state index in [1.54, 1.807) is 48.5 Å². The molecular formula is C33H34N3O5P. The first kappa shape index (κ1) is 30.4. The average Bonchev–Trinajstić information content (AvgIpc) is 3.04. The minimum Gasteiger partial charge on any atom is -0.459 e. The molecule has 4 aromatic carbocycles. The van der Waals surface area contributed by atoms with E-state index in [1.807, 2.05) is 72.8 Å². The highest BCUT2D eigenvalue weighted by atomic mass is 31.2. The Morgan fingerprint density at radius 2 is 1.17 bits per heavy atom. The maximum Gasteiger partial charge on any atom is 0.329 e. The van der Waals surface area contributed by atoms with E-state index in [0.29, 0.717) is 10.6 Å². The van der Waals surface area contributed by atoms with Gasteiger partial charge in [0, 0.05) is 17.0 Å². The van der Waals surface area contributed by atoms with Crippen LogP contribution in [0.4, 0.5) is 0 Å². The molecule has 0 spiro atoms. The zero-order valence-corrected chi connectivity index (χ0v) is 24.2. The molecule has 0 aliphatic heterocycles. The highest BCUT2D eigenvalue weighted by Gasteiger charge is 2.29. The number of amides is 2. The van der Waals surface area contributed by atoms with Crippen LogP contribution in [0.15, 0.2) is 121 Å². The number of nitrogens with one attached hydrogen (secondary N) is 3. The second-order valence-corrected chi connectivity index (χ2v) is 12.3. The number of ether oxygens (including phenoxy) is 1. The molecule has 0 heterocycles. The van der Waals surface area contributed by atoms with Gasteiger partial charge in [0.2, 0.25) is 19.1 Å². The summed E-state index contributed by atoms with van der Waals surface area (Å²) in [5, 5.41) is 9.42. The van der Waals surface area contributed by atoms with Crippen LogP contribution in [0.3, 0.4) is 0 Å². The normalized spacial score (nSPS) is 12.5. The summed E-state index contributed by atoms with van der Waals surface area (Å²) in [7, 11) is -3.33. The molecule has 3 N–H and O–H groups in total. The molecule has 0 saturated carbocycles. The van der Waals surface area contributed by atoms with Crippen molar-refractivity contribution in [3.8, 4) is 0 Å². The topological polar surface area (TPSA) is 114 Å². The molecule has 4 rings (SSSR count). The molecule has 9 heteroatoms. The number of carbonyl (C=O) groups excluding carboxylic acids is 3. The zero-order chi connectivity index (χ0) is 29.8. The first-order chi connectivity index (χ1) is 20.3. The molecule has 0 bridgehead atoms. The van der Waals surface area contributed by atoms with Crippen LogP contribution in [0.1, 0.15) is 18.1 Å². The molecule has 0 radical (unpaired) electrons. The van der Waals surface area contributed by atoms with E-state index in [1.165, 1.54) is 6.92 Å². The Balaban J connectivity index is 1.38. The van der Waals surface area contributed by atoms with Gasteiger partial charge >= 0.3 is 5.97 Å². The Morgan fingerprint density at radius 1 is 0.690 bits per heavy atom. The number of rotatable bonds is 13. The highest BCUT2D eigenvalue weighted by Crippen LogP contribution is 2.38. The third kappa shape index (κ3) is 8.49. The van der Waals surface area contributed by atoms with Crippen LogP contribution in [-0.4, -0.2) is 36.4 Å². The Kier molecular flexibility index (Phi) is 10.8. The third-order valence-corrected chi connectivity index (χ3v) is 9.23. The van der Waals surface area contributed by atoms with E-state index >= 15 is 0 Å². The smallest absolute Gasteiger partial charge is 0.329 e. The van der Waals surface area contributed by atoms with Crippen LogP contribution in [-0.2, 0) is 36.7 Å². The summed E-state index contributed by atoms with van der Waals surface area (Å²) >= 11 is 0. The maximum absolute atomic E-state index is 14.1. The summed E-state index contributed by atoms with van der Waals surface area (Å²) in [6, 6.07) is 34.4. The van der Waals surface area contributed by atoms with Crippen molar-refractivity contribution in [1.29, 1.82) is 0 Å². The molecule has 2 atom stereocenters. The Bertz CT molecular complexity index is 1460. The SMILES string of the molecule is C[C@@H](NC(=O)CNP(=O)(c1ccccc1)c1ccccc1)C(=O)N[C@H](Cc1ccccc1)C(=O)OCc1ccccc1. The number of carbonyl (C=O) groups is 3. The van der Waals surface area contributed by atoms with Gasteiger partial charge in [-0.25, -0.2) is 4.79 Å². The van der Waals surface area contributed by atoms with Gasteiger partial charge < -0.3 is 15.4 Å². The lowest BCUT2D eigenvalue weighted by Gasteiger charge is -2.22. The van der Waals surface area contributed by atoms with Crippen molar-refractivity contribution in [2.45, 2.75) is 32.0 Å². The van der Waals surface area contributed by atoms with Crippen molar-refractivity contribution in [2.24, 2.45) is 0 Å². The fourth-order valence-corrected chi connectivity index (χ4v) is 6.53. The maximum atomic E-state index is 14.1. The van der Waals surface area contributed by atoms with Gasteiger partial charge in [0.15, 0.2) is 0 Å². The molecule has 0 fully saturated rings. The van der Waals surface area contributed by atoms with E-state index < -0.39 is 37.2 Å². The van der Waals surface area contributed by atoms with Gasteiger partial charge in [0.1, 0.15) is 18.7 Å². The number of hydrogen-bond donors (Lipinski definition) is 3. The highest BCUT2D eigenvalue weighted by molar-refractivity contribution is 7.76. The van der Waals surface area contributed by atoms with E-state index in [-0.39, 0.29) is 19.6 Å². The number of esters is 1. The van der Waals surface area contributed by atoms with Crippen LogP contribution in [0.25, 0.3) is 0 Å². The summed E-state index contributed by atoms with van der Waals surface area (Å²) in [6.45, 7) is 1.31. The lowest BCUT2D eigenvalue weighted by Crippen LogP contribution is -2.52. The van der Waals surface area contributed by atoms with Crippen molar-refractivity contribution in [3.05, 3.63) is 132 Å². The minimum absolute atomic E-state index is 0.0711. The number of benzene rings is 4. The van der Waals surface area contributed by atoms with Gasteiger partial charge in [-0.15, -0.1) is 0 Å². The average molecular weight is 584 g/mol. The molecule has 4 aromatic rings. The molecular weight excluding hydrogens is 549 g/mol. The van der Waals surface area contributed by atoms with Crippen molar-refractivity contribution in [2.75, 3.05) is 6.54 Å². The largest absolute Gasteiger partial charge is 0.459 e. The van der Waals surface area contributed by atoms with Crippen LogP contribution in [0.5, 0.6) is 0 Å². The Hall–Kier alpha value is -4.52.